The molecular weight excluding hydrogens is 272 g/mol. The molecule has 0 fully saturated rings. The van der Waals surface area contributed by atoms with Gasteiger partial charge in [0, 0.05) is 12.6 Å². The Labute approximate surface area is 128 Å². The summed E-state index contributed by atoms with van der Waals surface area (Å²) < 4.78 is 5.24. The third-order valence-corrected chi connectivity index (χ3v) is 3.62. The summed E-state index contributed by atoms with van der Waals surface area (Å²) in [5.41, 5.74) is -0.435. The SMILES string of the molecule is CCCC(CNC(=O)OC(C)(C)C)NCCCSCC. The highest BCUT2D eigenvalue weighted by Gasteiger charge is 2.17. The number of amides is 1. The van der Waals surface area contributed by atoms with Crippen LogP contribution < -0.4 is 10.6 Å². The zero-order valence-corrected chi connectivity index (χ0v) is 14.6. The molecule has 120 valence electrons. The Hall–Kier alpha value is -0.420. The lowest BCUT2D eigenvalue weighted by Gasteiger charge is -2.22. The summed E-state index contributed by atoms with van der Waals surface area (Å²) in [6, 6.07) is 0.333. The Morgan fingerprint density at radius 1 is 1.30 bits per heavy atom. The van der Waals surface area contributed by atoms with Crippen LogP contribution >= 0.6 is 11.8 Å². The molecule has 0 aliphatic rings. The van der Waals surface area contributed by atoms with E-state index in [0.717, 1.165) is 19.4 Å². The minimum atomic E-state index is -0.435. The zero-order valence-electron chi connectivity index (χ0n) is 13.8. The van der Waals surface area contributed by atoms with Crippen molar-refractivity contribution in [1.82, 2.24) is 10.6 Å². The first-order chi connectivity index (χ1) is 9.39. The molecule has 0 aromatic heterocycles. The fourth-order valence-electron chi connectivity index (χ4n) is 1.77. The van der Waals surface area contributed by atoms with Gasteiger partial charge >= 0.3 is 6.09 Å². The molecule has 0 bridgehead atoms. The predicted molar refractivity (Wildman–Crippen MR) is 88.6 cm³/mol. The number of alkyl carbamates (subject to hydrolysis) is 1. The van der Waals surface area contributed by atoms with Crippen LogP contribution in [-0.2, 0) is 4.74 Å². The maximum Gasteiger partial charge on any atom is 0.407 e. The van der Waals surface area contributed by atoms with Crippen molar-refractivity contribution in [3.05, 3.63) is 0 Å². The number of carbonyl (C=O) groups excluding carboxylic acids is 1. The summed E-state index contributed by atoms with van der Waals surface area (Å²) in [4.78, 5) is 11.6. The molecule has 0 aliphatic heterocycles. The van der Waals surface area contributed by atoms with Crippen molar-refractivity contribution in [3.63, 3.8) is 0 Å². The molecule has 0 heterocycles. The van der Waals surface area contributed by atoms with Gasteiger partial charge in [0.1, 0.15) is 5.60 Å². The summed E-state index contributed by atoms with van der Waals surface area (Å²) in [7, 11) is 0. The van der Waals surface area contributed by atoms with Crippen molar-refractivity contribution in [2.24, 2.45) is 0 Å². The smallest absolute Gasteiger partial charge is 0.407 e. The van der Waals surface area contributed by atoms with Crippen LogP contribution in [0.5, 0.6) is 0 Å². The maximum atomic E-state index is 11.6. The van der Waals surface area contributed by atoms with Gasteiger partial charge in [0.2, 0.25) is 0 Å². The quantitative estimate of drug-likeness (QED) is 0.607. The van der Waals surface area contributed by atoms with E-state index < -0.39 is 5.60 Å². The van der Waals surface area contributed by atoms with Gasteiger partial charge < -0.3 is 15.4 Å². The lowest BCUT2D eigenvalue weighted by Crippen LogP contribution is -2.43. The molecule has 0 saturated heterocycles. The number of thioether (sulfide) groups is 1. The standard InChI is InChI=1S/C15H32N2O2S/c1-6-9-13(16-10-8-11-20-7-2)12-17-14(18)19-15(3,4)5/h13,16H,6-12H2,1-5H3,(H,17,18). The summed E-state index contributed by atoms with van der Waals surface area (Å²) in [5, 5.41) is 6.36. The molecule has 1 unspecified atom stereocenters. The summed E-state index contributed by atoms with van der Waals surface area (Å²) in [6.07, 6.45) is 3.01. The summed E-state index contributed by atoms with van der Waals surface area (Å²) >= 11 is 1.97. The first kappa shape index (κ1) is 19.6. The predicted octanol–water partition coefficient (Wildman–Crippen LogP) is 3.41. The fraction of sp³-hybridized carbons (Fsp3) is 0.933. The Balaban J connectivity index is 3.86. The molecule has 2 N–H and O–H groups in total. The Kier molecular flexibility index (Phi) is 11.0. The number of nitrogens with one attached hydrogen (secondary N) is 2. The molecule has 0 aliphatic carbocycles. The van der Waals surface area contributed by atoms with Crippen LogP contribution in [0.1, 0.15) is 53.9 Å². The monoisotopic (exact) mass is 304 g/mol. The van der Waals surface area contributed by atoms with E-state index in [1.54, 1.807) is 0 Å². The van der Waals surface area contributed by atoms with Crippen LogP contribution in [0.4, 0.5) is 4.79 Å². The largest absolute Gasteiger partial charge is 0.444 e. The first-order valence-electron chi connectivity index (χ1n) is 7.67. The van der Waals surface area contributed by atoms with Gasteiger partial charge in [-0.15, -0.1) is 0 Å². The van der Waals surface area contributed by atoms with Gasteiger partial charge in [-0.1, -0.05) is 20.3 Å². The Bertz CT molecular complexity index is 255. The van der Waals surface area contributed by atoms with E-state index in [9.17, 15) is 4.79 Å². The van der Waals surface area contributed by atoms with Gasteiger partial charge in [-0.3, -0.25) is 0 Å². The molecule has 1 amide bonds. The van der Waals surface area contributed by atoms with E-state index in [2.05, 4.69) is 24.5 Å². The van der Waals surface area contributed by atoms with E-state index in [4.69, 9.17) is 4.74 Å². The van der Waals surface area contributed by atoms with Gasteiger partial charge in [0.25, 0.3) is 0 Å². The van der Waals surface area contributed by atoms with Crippen LogP contribution in [-0.4, -0.2) is 42.3 Å². The van der Waals surface area contributed by atoms with Crippen molar-refractivity contribution >= 4 is 17.9 Å². The number of rotatable bonds is 10. The lowest BCUT2D eigenvalue weighted by molar-refractivity contribution is 0.0522. The fourth-order valence-corrected chi connectivity index (χ4v) is 2.41. The average Bonchev–Trinajstić information content (AvgIpc) is 2.33. The van der Waals surface area contributed by atoms with Crippen molar-refractivity contribution in [2.45, 2.75) is 65.5 Å². The number of hydrogen-bond donors (Lipinski definition) is 2. The Morgan fingerprint density at radius 3 is 2.55 bits per heavy atom. The molecule has 0 aromatic carbocycles. The normalized spacial score (nSPS) is 13.1. The molecule has 0 saturated carbocycles. The van der Waals surface area contributed by atoms with Gasteiger partial charge in [-0.25, -0.2) is 4.79 Å². The molecular formula is C15H32N2O2S. The summed E-state index contributed by atoms with van der Waals surface area (Å²) in [6.45, 7) is 11.6. The minimum absolute atomic E-state index is 0.332. The first-order valence-corrected chi connectivity index (χ1v) is 8.82. The van der Waals surface area contributed by atoms with Crippen molar-refractivity contribution in [3.8, 4) is 0 Å². The van der Waals surface area contributed by atoms with Gasteiger partial charge in [0.15, 0.2) is 0 Å². The molecule has 1 atom stereocenters. The van der Waals surface area contributed by atoms with Crippen LogP contribution in [0.25, 0.3) is 0 Å². The van der Waals surface area contributed by atoms with E-state index in [0.29, 0.717) is 12.6 Å². The third-order valence-electron chi connectivity index (χ3n) is 2.63. The van der Waals surface area contributed by atoms with E-state index in [1.807, 2.05) is 32.5 Å². The Morgan fingerprint density at radius 2 is 2.00 bits per heavy atom. The second-order valence-electron chi connectivity index (χ2n) is 5.87. The molecule has 4 nitrogen and oxygen atoms in total. The number of carbonyl (C=O) groups is 1. The average molecular weight is 304 g/mol. The lowest BCUT2D eigenvalue weighted by atomic mass is 10.1. The highest BCUT2D eigenvalue weighted by molar-refractivity contribution is 7.99. The van der Waals surface area contributed by atoms with E-state index in [-0.39, 0.29) is 6.09 Å². The number of hydrogen-bond acceptors (Lipinski definition) is 4. The van der Waals surface area contributed by atoms with E-state index in [1.165, 1.54) is 17.9 Å². The molecule has 0 rings (SSSR count). The van der Waals surface area contributed by atoms with Gasteiger partial charge in [0.05, 0.1) is 0 Å². The van der Waals surface area contributed by atoms with Gasteiger partial charge in [-0.05, 0) is 51.7 Å². The minimum Gasteiger partial charge on any atom is -0.444 e. The highest BCUT2D eigenvalue weighted by atomic mass is 32.2. The van der Waals surface area contributed by atoms with Crippen LogP contribution in [0.2, 0.25) is 0 Å². The van der Waals surface area contributed by atoms with Crippen LogP contribution in [0.15, 0.2) is 0 Å². The van der Waals surface area contributed by atoms with E-state index >= 15 is 0 Å². The molecule has 5 heteroatoms. The molecule has 0 spiro atoms. The third kappa shape index (κ3) is 12.6. The second kappa shape index (κ2) is 11.3. The van der Waals surface area contributed by atoms with Crippen molar-refractivity contribution in [2.75, 3.05) is 24.6 Å². The summed E-state index contributed by atoms with van der Waals surface area (Å²) in [5.74, 6) is 2.38. The van der Waals surface area contributed by atoms with Crippen molar-refractivity contribution < 1.29 is 9.53 Å². The molecule has 20 heavy (non-hydrogen) atoms. The van der Waals surface area contributed by atoms with Crippen molar-refractivity contribution in [1.29, 1.82) is 0 Å². The van der Waals surface area contributed by atoms with Crippen LogP contribution in [0, 0.1) is 0 Å². The zero-order chi connectivity index (χ0) is 15.4. The molecule has 0 aromatic rings. The molecule has 0 radical (unpaired) electrons. The van der Waals surface area contributed by atoms with Gasteiger partial charge in [-0.2, -0.15) is 11.8 Å². The topological polar surface area (TPSA) is 50.4 Å². The van der Waals surface area contributed by atoms with Crippen LogP contribution in [0.3, 0.4) is 0 Å². The number of ether oxygens (including phenoxy) is 1. The second-order valence-corrected chi connectivity index (χ2v) is 7.27. The maximum absolute atomic E-state index is 11.6. The highest BCUT2D eigenvalue weighted by Crippen LogP contribution is 2.06.